The zero-order valence-electron chi connectivity index (χ0n) is 10.5. The molecule has 0 aliphatic heterocycles. The minimum Gasteiger partial charge on any atom is -0.306 e. The minimum atomic E-state index is -0.354. The summed E-state index contributed by atoms with van der Waals surface area (Å²) in [6, 6.07) is 13.8. The Morgan fingerprint density at radius 1 is 1.16 bits per heavy atom. The van der Waals surface area contributed by atoms with Crippen LogP contribution in [0.2, 0.25) is 5.02 Å². The van der Waals surface area contributed by atoms with Gasteiger partial charge in [-0.15, -0.1) is 0 Å². The minimum absolute atomic E-state index is 0.223. The number of nitrogens with one attached hydrogen (secondary N) is 1. The van der Waals surface area contributed by atoms with E-state index >= 15 is 0 Å². The van der Waals surface area contributed by atoms with Gasteiger partial charge in [0.05, 0.1) is 5.02 Å². The molecular formula is C16H15ClFN. The van der Waals surface area contributed by atoms with E-state index in [2.05, 4.69) is 29.6 Å². The van der Waals surface area contributed by atoms with E-state index in [1.54, 1.807) is 6.07 Å². The van der Waals surface area contributed by atoms with Gasteiger partial charge in [0.1, 0.15) is 5.82 Å². The Balaban J connectivity index is 1.73. The number of benzene rings is 2. The highest BCUT2D eigenvalue weighted by Crippen LogP contribution is 2.31. The first-order valence-electron chi connectivity index (χ1n) is 6.50. The highest BCUT2D eigenvalue weighted by Gasteiger charge is 2.21. The lowest BCUT2D eigenvalue weighted by Crippen LogP contribution is -2.19. The van der Waals surface area contributed by atoms with Gasteiger partial charge >= 0.3 is 0 Å². The molecule has 0 spiro atoms. The van der Waals surface area contributed by atoms with Crippen molar-refractivity contribution in [3.63, 3.8) is 0 Å². The van der Waals surface area contributed by atoms with Crippen molar-refractivity contribution in [3.05, 3.63) is 70.0 Å². The van der Waals surface area contributed by atoms with Crippen LogP contribution >= 0.6 is 11.6 Å². The molecule has 0 amide bonds. The lowest BCUT2D eigenvalue weighted by atomic mass is 10.1. The topological polar surface area (TPSA) is 12.0 Å². The number of hydrogen-bond donors (Lipinski definition) is 1. The maximum Gasteiger partial charge on any atom is 0.142 e. The molecule has 0 heterocycles. The maximum atomic E-state index is 13.4. The Morgan fingerprint density at radius 2 is 2.00 bits per heavy atom. The lowest BCUT2D eigenvalue weighted by molar-refractivity contribution is 0.528. The van der Waals surface area contributed by atoms with Crippen LogP contribution in [0.25, 0.3) is 0 Å². The number of halogens is 2. The molecule has 0 radical (unpaired) electrons. The van der Waals surface area contributed by atoms with Crippen LogP contribution in [0, 0.1) is 5.82 Å². The SMILES string of the molecule is Fc1cccc(CNC2CCc3ccccc32)c1Cl. The second kappa shape index (κ2) is 5.32. The third kappa shape index (κ3) is 2.51. The number of rotatable bonds is 3. The molecule has 1 N–H and O–H groups in total. The molecule has 1 atom stereocenters. The molecular weight excluding hydrogens is 261 g/mol. The van der Waals surface area contributed by atoms with E-state index in [-0.39, 0.29) is 10.8 Å². The average molecular weight is 276 g/mol. The fraction of sp³-hybridized carbons (Fsp3) is 0.250. The normalized spacial score (nSPS) is 17.5. The van der Waals surface area contributed by atoms with E-state index in [4.69, 9.17) is 11.6 Å². The summed E-state index contributed by atoms with van der Waals surface area (Å²) >= 11 is 5.96. The molecule has 0 saturated heterocycles. The fourth-order valence-electron chi connectivity index (χ4n) is 2.69. The number of aryl methyl sites for hydroxylation is 1. The Bertz CT molecular complexity index is 597. The molecule has 1 unspecified atom stereocenters. The zero-order valence-corrected chi connectivity index (χ0v) is 11.3. The smallest absolute Gasteiger partial charge is 0.142 e. The molecule has 1 nitrogen and oxygen atoms in total. The summed E-state index contributed by atoms with van der Waals surface area (Å²) in [5, 5.41) is 3.69. The van der Waals surface area contributed by atoms with E-state index in [0.717, 1.165) is 18.4 Å². The molecule has 1 aliphatic rings. The Labute approximate surface area is 117 Å². The second-order valence-electron chi connectivity index (χ2n) is 4.88. The molecule has 3 rings (SSSR count). The van der Waals surface area contributed by atoms with Crippen LogP contribution < -0.4 is 5.32 Å². The standard InChI is InChI=1S/C16H15ClFN/c17-16-12(5-3-7-14(16)18)10-19-15-9-8-11-4-1-2-6-13(11)15/h1-7,15,19H,8-10H2. The van der Waals surface area contributed by atoms with Crippen LogP contribution in [0.15, 0.2) is 42.5 Å². The van der Waals surface area contributed by atoms with Crippen molar-refractivity contribution in [1.29, 1.82) is 0 Å². The Kier molecular flexibility index (Phi) is 3.54. The quantitative estimate of drug-likeness (QED) is 0.883. The monoisotopic (exact) mass is 275 g/mol. The average Bonchev–Trinajstić information content (AvgIpc) is 2.84. The summed E-state index contributed by atoms with van der Waals surface area (Å²) in [7, 11) is 0. The third-order valence-electron chi connectivity index (χ3n) is 3.70. The lowest BCUT2D eigenvalue weighted by Gasteiger charge is -2.15. The summed E-state index contributed by atoms with van der Waals surface area (Å²) < 4.78 is 13.4. The summed E-state index contributed by atoms with van der Waals surface area (Å²) in [5.41, 5.74) is 3.58. The van der Waals surface area contributed by atoms with Gasteiger partial charge in [0.25, 0.3) is 0 Å². The maximum absolute atomic E-state index is 13.4. The zero-order chi connectivity index (χ0) is 13.2. The van der Waals surface area contributed by atoms with Crippen molar-refractivity contribution in [3.8, 4) is 0 Å². The van der Waals surface area contributed by atoms with Crippen LogP contribution in [0.3, 0.4) is 0 Å². The first kappa shape index (κ1) is 12.6. The molecule has 2 aromatic carbocycles. The molecule has 98 valence electrons. The van der Waals surface area contributed by atoms with Crippen LogP contribution in [0.5, 0.6) is 0 Å². The van der Waals surface area contributed by atoms with Gasteiger partial charge in [0.15, 0.2) is 0 Å². The van der Waals surface area contributed by atoms with Gasteiger partial charge in [-0.05, 0) is 35.6 Å². The van der Waals surface area contributed by atoms with Crippen LogP contribution in [0.1, 0.15) is 29.2 Å². The van der Waals surface area contributed by atoms with Crippen molar-refractivity contribution < 1.29 is 4.39 Å². The van der Waals surface area contributed by atoms with Gasteiger partial charge in [-0.2, -0.15) is 0 Å². The van der Waals surface area contributed by atoms with Gasteiger partial charge in [-0.1, -0.05) is 48.0 Å². The molecule has 0 bridgehead atoms. The van der Waals surface area contributed by atoms with Crippen LogP contribution in [-0.4, -0.2) is 0 Å². The van der Waals surface area contributed by atoms with E-state index in [1.165, 1.54) is 17.2 Å². The van der Waals surface area contributed by atoms with Crippen LogP contribution in [0.4, 0.5) is 4.39 Å². The first-order valence-corrected chi connectivity index (χ1v) is 6.87. The molecule has 0 fully saturated rings. The van der Waals surface area contributed by atoms with Gasteiger partial charge in [-0.3, -0.25) is 0 Å². The van der Waals surface area contributed by atoms with Crippen molar-refractivity contribution in [2.45, 2.75) is 25.4 Å². The fourth-order valence-corrected chi connectivity index (χ4v) is 2.88. The highest BCUT2D eigenvalue weighted by atomic mass is 35.5. The van der Waals surface area contributed by atoms with Gasteiger partial charge < -0.3 is 5.32 Å². The largest absolute Gasteiger partial charge is 0.306 e. The van der Waals surface area contributed by atoms with Gasteiger partial charge in [0.2, 0.25) is 0 Å². The molecule has 1 aliphatic carbocycles. The predicted octanol–water partition coefficient (Wildman–Crippen LogP) is 4.26. The van der Waals surface area contributed by atoms with E-state index in [1.807, 2.05) is 6.07 Å². The highest BCUT2D eigenvalue weighted by molar-refractivity contribution is 6.31. The summed E-state index contributed by atoms with van der Waals surface area (Å²) in [6.07, 6.45) is 2.19. The van der Waals surface area contributed by atoms with Crippen molar-refractivity contribution in [1.82, 2.24) is 5.32 Å². The van der Waals surface area contributed by atoms with Crippen molar-refractivity contribution >= 4 is 11.6 Å². The first-order chi connectivity index (χ1) is 9.25. The molecule has 0 aromatic heterocycles. The molecule has 3 heteroatoms. The predicted molar refractivity (Wildman–Crippen MR) is 75.8 cm³/mol. The Hall–Kier alpha value is -1.38. The van der Waals surface area contributed by atoms with Crippen molar-refractivity contribution in [2.24, 2.45) is 0 Å². The van der Waals surface area contributed by atoms with E-state index in [9.17, 15) is 4.39 Å². The van der Waals surface area contributed by atoms with Gasteiger partial charge in [0, 0.05) is 12.6 Å². The summed E-state index contributed by atoms with van der Waals surface area (Å²) in [5.74, 6) is -0.354. The molecule has 19 heavy (non-hydrogen) atoms. The molecule has 2 aromatic rings. The summed E-state index contributed by atoms with van der Waals surface area (Å²) in [6.45, 7) is 0.593. The van der Waals surface area contributed by atoms with Crippen LogP contribution in [-0.2, 0) is 13.0 Å². The van der Waals surface area contributed by atoms with Crippen molar-refractivity contribution in [2.75, 3.05) is 0 Å². The van der Waals surface area contributed by atoms with E-state index < -0.39 is 0 Å². The second-order valence-corrected chi connectivity index (χ2v) is 5.26. The Morgan fingerprint density at radius 3 is 2.89 bits per heavy atom. The molecule has 0 saturated carbocycles. The third-order valence-corrected chi connectivity index (χ3v) is 4.13. The number of hydrogen-bond acceptors (Lipinski definition) is 1. The number of fused-ring (bicyclic) bond motifs is 1. The van der Waals surface area contributed by atoms with Gasteiger partial charge in [-0.25, -0.2) is 4.39 Å². The van der Waals surface area contributed by atoms with E-state index in [0.29, 0.717) is 12.6 Å². The summed E-state index contributed by atoms with van der Waals surface area (Å²) in [4.78, 5) is 0.